The molecule has 2 N–H and O–H groups in total. The molecule has 8 nitrogen and oxygen atoms in total. The third kappa shape index (κ3) is 9.16. The number of ether oxygens (including phenoxy) is 2. The molecule has 0 bridgehead atoms. The molecule has 0 aliphatic carbocycles. The summed E-state index contributed by atoms with van der Waals surface area (Å²) in [5, 5.41) is 9.27. The maximum atomic E-state index is 13.3. The molecule has 2 atom stereocenters. The summed E-state index contributed by atoms with van der Waals surface area (Å²) in [5.74, 6) is -2.43. The van der Waals surface area contributed by atoms with Gasteiger partial charge in [0.1, 0.15) is 11.6 Å². The van der Waals surface area contributed by atoms with E-state index in [0.29, 0.717) is 23.2 Å². The van der Waals surface area contributed by atoms with E-state index < -0.39 is 35.4 Å². The highest BCUT2D eigenvalue weighted by Crippen LogP contribution is 2.25. The zero-order chi connectivity index (χ0) is 26.2. The van der Waals surface area contributed by atoms with Crippen molar-refractivity contribution in [1.82, 2.24) is 5.32 Å². The maximum absolute atomic E-state index is 13.3. The van der Waals surface area contributed by atoms with Crippen LogP contribution in [0, 0.1) is 5.92 Å². The molecule has 2 aromatic rings. The van der Waals surface area contributed by atoms with Crippen LogP contribution >= 0.6 is 11.3 Å². The molecule has 9 heteroatoms. The molecule has 35 heavy (non-hydrogen) atoms. The monoisotopic (exact) mass is 502 g/mol. The zero-order valence-electron chi connectivity index (χ0n) is 21.0. The van der Waals surface area contributed by atoms with Crippen LogP contribution in [0.25, 0.3) is 0 Å². The lowest BCUT2D eigenvalue weighted by Gasteiger charge is -2.24. The van der Waals surface area contributed by atoms with E-state index in [2.05, 4.69) is 15.4 Å². The number of carbonyl (C=O) groups excluding carboxylic acids is 4. The number of thiophene rings is 1. The van der Waals surface area contributed by atoms with Crippen LogP contribution in [0.3, 0.4) is 0 Å². The summed E-state index contributed by atoms with van der Waals surface area (Å²) in [7, 11) is 1.30. The molecule has 190 valence electrons. The molecule has 0 saturated heterocycles. The third-order valence-corrected chi connectivity index (χ3v) is 5.67. The molecule has 1 heterocycles. The summed E-state index contributed by atoms with van der Waals surface area (Å²) in [5.41, 5.74) is 0.864. The van der Waals surface area contributed by atoms with Crippen LogP contribution in [0.2, 0.25) is 0 Å². The van der Waals surface area contributed by atoms with Gasteiger partial charge < -0.3 is 20.1 Å². The number of hydrogen-bond acceptors (Lipinski definition) is 7. The van der Waals surface area contributed by atoms with E-state index in [0.717, 1.165) is 0 Å². The minimum Gasteiger partial charge on any atom is -0.465 e. The number of methoxy groups -OCH3 is 1. The number of esters is 2. The van der Waals surface area contributed by atoms with E-state index in [1.807, 2.05) is 24.6 Å². The number of benzene rings is 1. The minimum atomic E-state index is -0.817. The fourth-order valence-corrected chi connectivity index (χ4v) is 4.11. The Balaban J connectivity index is 2.17. The summed E-state index contributed by atoms with van der Waals surface area (Å²) in [6.07, 6.45) is 0.269. The second-order valence-corrected chi connectivity index (χ2v) is 10.4. The topological polar surface area (TPSA) is 111 Å². The van der Waals surface area contributed by atoms with Gasteiger partial charge in [-0.15, -0.1) is 0 Å². The first-order valence-electron chi connectivity index (χ1n) is 11.4. The Kier molecular flexibility index (Phi) is 10.0. The molecule has 0 aliphatic rings. The number of carbonyl (C=O) groups is 4. The molecule has 0 aliphatic heterocycles. The lowest BCUT2D eigenvalue weighted by atomic mass is 9.95. The molecule has 0 unspecified atom stereocenters. The van der Waals surface area contributed by atoms with Crippen LogP contribution in [0.15, 0.2) is 41.1 Å². The van der Waals surface area contributed by atoms with Gasteiger partial charge in [0, 0.05) is 5.69 Å². The van der Waals surface area contributed by atoms with Gasteiger partial charge >= 0.3 is 11.9 Å². The molecule has 1 aromatic heterocycles. The van der Waals surface area contributed by atoms with Crippen LogP contribution in [0.1, 0.15) is 69.3 Å². The SMILES string of the molecule is COC(=O)c1ccc(NC(=O)[C@H](CC(C)C)NC(=O)[C@H](CC(=O)OC(C)(C)C)c2ccsc2)cc1. The first-order chi connectivity index (χ1) is 16.4. The maximum Gasteiger partial charge on any atom is 0.337 e. The van der Waals surface area contributed by atoms with Gasteiger partial charge in [-0.1, -0.05) is 13.8 Å². The average molecular weight is 503 g/mol. The molecule has 0 radical (unpaired) electrons. The number of amides is 2. The highest BCUT2D eigenvalue weighted by molar-refractivity contribution is 7.08. The third-order valence-electron chi connectivity index (χ3n) is 4.97. The molecule has 2 amide bonds. The Labute approximate surface area is 210 Å². The van der Waals surface area contributed by atoms with Gasteiger partial charge in [-0.2, -0.15) is 11.3 Å². The summed E-state index contributed by atoms with van der Waals surface area (Å²) in [4.78, 5) is 50.5. The zero-order valence-corrected chi connectivity index (χ0v) is 21.9. The Hall–Kier alpha value is -3.20. The summed E-state index contributed by atoms with van der Waals surface area (Å²) >= 11 is 1.42. The van der Waals surface area contributed by atoms with Crippen LogP contribution in [-0.4, -0.2) is 42.5 Å². The molecule has 0 fully saturated rings. The predicted molar refractivity (Wildman–Crippen MR) is 135 cm³/mol. The molecule has 0 saturated carbocycles. The Morgan fingerprint density at radius 2 is 1.66 bits per heavy atom. The first kappa shape index (κ1) is 28.0. The van der Waals surface area contributed by atoms with Gasteiger partial charge in [-0.05, 0) is 79.8 Å². The van der Waals surface area contributed by atoms with Gasteiger partial charge in [-0.3, -0.25) is 14.4 Å². The fraction of sp³-hybridized carbons (Fsp3) is 0.462. The standard InChI is InChI=1S/C26H34N2O6S/c1-16(2)13-21(24(31)27-19-9-7-17(8-10-19)25(32)33-6)28-23(30)20(18-11-12-35-15-18)14-22(29)34-26(3,4)5/h7-12,15-16,20-21H,13-14H2,1-6H3,(H,27,31)(H,28,30)/t20-,21+/m1/s1. The van der Waals surface area contributed by atoms with Gasteiger partial charge in [-0.25, -0.2) is 4.79 Å². The lowest BCUT2D eigenvalue weighted by Crippen LogP contribution is -2.46. The highest BCUT2D eigenvalue weighted by atomic mass is 32.1. The van der Waals surface area contributed by atoms with Gasteiger partial charge in [0.2, 0.25) is 11.8 Å². The smallest absolute Gasteiger partial charge is 0.337 e. The van der Waals surface area contributed by atoms with Crippen LogP contribution in [0.5, 0.6) is 0 Å². The minimum absolute atomic E-state index is 0.123. The van der Waals surface area contributed by atoms with Crippen molar-refractivity contribution >= 4 is 40.8 Å². The summed E-state index contributed by atoms with van der Waals surface area (Å²) in [6.45, 7) is 9.21. The van der Waals surface area contributed by atoms with Crippen LogP contribution < -0.4 is 10.6 Å². The number of rotatable bonds is 10. The normalized spacial score (nSPS) is 13.0. The van der Waals surface area contributed by atoms with Crippen molar-refractivity contribution in [1.29, 1.82) is 0 Å². The molecule has 0 spiro atoms. The fourth-order valence-electron chi connectivity index (χ4n) is 3.40. The van der Waals surface area contributed by atoms with E-state index in [1.54, 1.807) is 51.1 Å². The lowest BCUT2D eigenvalue weighted by molar-refractivity contribution is -0.156. The Morgan fingerprint density at radius 1 is 1.00 bits per heavy atom. The van der Waals surface area contributed by atoms with E-state index in [4.69, 9.17) is 4.74 Å². The van der Waals surface area contributed by atoms with Crippen molar-refractivity contribution in [3.05, 3.63) is 52.2 Å². The van der Waals surface area contributed by atoms with Crippen molar-refractivity contribution in [3.63, 3.8) is 0 Å². The first-order valence-corrected chi connectivity index (χ1v) is 12.4. The average Bonchev–Trinajstić information content (AvgIpc) is 3.30. The molecular formula is C26H34N2O6S. The quantitative estimate of drug-likeness (QED) is 0.462. The summed E-state index contributed by atoms with van der Waals surface area (Å²) < 4.78 is 10.1. The summed E-state index contributed by atoms with van der Waals surface area (Å²) in [6, 6.07) is 7.25. The van der Waals surface area contributed by atoms with Crippen molar-refractivity contribution in [2.24, 2.45) is 5.92 Å². The Morgan fingerprint density at radius 3 is 2.17 bits per heavy atom. The number of hydrogen-bond donors (Lipinski definition) is 2. The van der Waals surface area contributed by atoms with Crippen LogP contribution in [-0.2, 0) is 23.9 Å². The van der Waals surface area contributed by atoms with Gasteiger partial charge in [0.15, 0.2) is 0 Å². The molecular weight excluding hydrogens is 468 g/mol. The van der Waals surface area contributed by atoms with Crippen molar-refractivity contribution in [3.8, 4) is 0 Å². The Bertz CT molecular complexity index is 1010. The van der Waals surface area contributed by atoms with Crippen molar-refractivity contribution in [2.75, 3.05) is 12.4 Å². The van der Waals surface area contributed by atoms with Crippen LogP contribution in [0.4, 0.5) is 5.69 Å². The largest absolute Gasteiger partial charge is 0.465 e. The van der Waals surface area contributed by atoms with E-state index in [9.17, 15) is 19.2 Å². The molecule has 2 rings (SSSR count). The number of nitrogens with one attached hydrogen (secondary N) is 2. The molecule has 1 aromatic carbocycles. The van der Waals surface area contributed by atoms with Crippen molar-refractivity contribution in [2.45, 2.75) is 65.0 Å². The second-order valence-electron chi connectivity index (χ2n) is 9.65. The van der Waals surface area contributed by atoms with Gasteiger partial charge in [0.05, 0.1) is 25.0 Å². The van der Waals surface area contributed by atoms with E-state index in [1.165, 1.54) is 18.4 Å². The second kappa shape index (κ2) is 12.5. The van der Waals surface area contributed by atoms with E-state index in [-0.39, 0.29) is 18.2 Å². The highest BCUT2D eigenvalue weighted by Gasteiger charge is 2.31. The van der Waals surface area contributed by atoms with E-state index >= 15 is 0 Å². The van der Waals surface area contributed by atoms with Gasteiger partial charge in [0.25, 0.3) is 0 Å². The number of anilines is 1. The van der Waals surface area contributed by atoms with Crippen molar-refractivity contribution < 1.29 is 28.7 Å². The predicted octanol–water partition coefficient (Wildman–Crippen LogP) is 4.52.